The van der Waals surface area contributed by atoms with Crippen molar-refractivity contribution in [2.24, 2.45) is 0 Å². The summed E-state index contributed by atoms with van der Waals surface area (Å²) in [5, 5.41) is 13.0. The third-order valence-electron chi connectivity index (χ3n) is 3.25. The summed E-state index contributed by atoms with van der Waals surface area (Å²) in [6.07, 6.45) is 3.00. The molecular weight excluding hydrogens is 270 g/mol. The summed E-state index contributed by atoms with van der Waals surface area (Å²) in [6.45, 7) is 0.592. The van der Waals surface area contributed by atoms with Gasteiger partial charge >= 0.3 is 0 Å². The molecule has 1 atom stereocenters. The van der Waals surface area contributed by atoms with Crippen LogP contribution in [0, 0.1) is 0 Å². The Hall–Kier alpha value is -0.430. The lowest BCUT2D eigenvalue weighted by atomic mass is 9.95. The fourth-order valence-corrected chi connectivity index (χ4v) is 4.15. The van der Waals surface area contributed by atoms with Gasteiger partial charge in [0.25, 0.3) is 0 Å². The summed E-state index contributed by atoms with van der Waals surface area (Å²) in [5.41, 5.74) is 1.19. The zero-order valence-electron chi connectivity index (χ0n) is 10.2. The minimum Gasteiger partial charge on any atom is -0.396 e. The molecule has 1 aliphatic rings. The second-order valence-electron chi connectivity index (χ2n) is 4.69. The Bertz CT molecular complexity index is 452. The van der Waals surface area contributed by atoms with E-state index >= 15 is 0 Å². The highest BCUT2D eigenvalue weighted by atomic mass is 32.2. The lowest BCUT2D eigenvalue weighted by Gasteiger charge is -2.15. The van der Waals surface area contributed by atoms with Gasteiger partial charge in [0.05, 0.1) is 5.25 Å². The molecule has 6 heteroatoms. The molecule has 0 aliphatic heterocycles. The van der Waals surface area contributed by atoms with E-state index in [-0.39, 0.29) is 17.8 Å². The van der Waals surface area contributed by atoms with Gasteiger partial charge in [-0.3, -0.25) is 0 Å². The van der Waals surface area contributed by atoms with Gasteiger partial charge in [0.2, 0.25) is 10.0 Å². The van der Waals surface area contributed by atoms with Crippen LogP contribution in [-0.4, -0.2) is 31.9 Å². The van der Waals surface area contributed by atoms with E-state index in [2.05, 4.69) is 10.1 Å². The third kappa shape index (κ3) is 3.78. The fourth-order valence-electron chi connectivity index (χ4n) is 2.01. The van der Waals surface area contributed by atoms with Gasteiger partial charge in [-0.1, -0.05) is 0 Å². The van der Waals surface area contributed by atoms with E-state index in [0.29, 0.717) is 13.0 Å². The Morgan fingerprint density at radius 1 is 1.44 bits per heavy atom. The maximum Gasteiger partial charge on any atom is 0.214 e. The first kappa shape index (κ1) is 14.0. The molecule has 1 aliphatic carbocycles. The molecule has 0 radical (unpaired) electrons. The SMILES string of the molecule is O=S(=O)(NCC[C@@H](CCO)c1ccsc1)C1CC1. The zero-order valence-corrected chi connectivity index (χ0v) is 11.8. The van der Waals surface area contributed by atoms with E-state index in [0.717, 1.165) is 19.3 Å². The van der Waals surface area contributed by atoms with Crippen LogP contribution in [0.2, 0.25) is 0 Å². The van der Waals surface area contributed by atoms with Gasteiger partial charge in [-0.25, -0.2) is 13.1 Å². The molecule has 0 spiro atoms. The van der Waals surface area contributed by atoms with Crippen LogP contribution >= 0.6 is 11.3 Å². The summed E-state index contributed by atoms with van der Waals surface area (Å²) >= 11 is 1.63. The first-order valence-corrected chi connectivity index (χ1v) is 8.74. The van der Waals surface area contributed by atoms with Gasteiger partial charge in [0, 0.05) is 13.2 Å². The topological polar surface area (TPSA) is 66.4 Å². The number of aliphatic hydroxyl groups excluding tert-OH is 1. The van der Waals surface area contributed by atoms with Crippen molar-refractivity contribution in [2.45, 2.75) is 36.9 Å². The van der Waals surface area contributed by atoms with Gasteiger partial charge in [-0.2, -0.15) is 11.3 Å². The Balaban J connectivity index is 1.83. The molecule has 18 heavy (non-hydrogen) atoms. The zero-order chi connectivity index (χ0) is 13.0. The second-order valence-corrected chi connectivity index (χ2v) is 7.52. The summed E-state index contributed by atoms with van der Waals surface area (Å²) in [6, 6.07) is 2.04. The Morgan fingerprint density at radius 3 is 2.78 bits per heavy atom. The summed E-state index contributed by atoms with van der Waals surface area (Å²) in [5.74, 6) is 0.239. The normalized spacial score (nSPS) is 17.8. The third-order valence-corrected chi connectivity index (χ3v) is 5.91. The van der Waals surface area contributed by atoms with Crippen LogP contribution in [-0.2, 0) is 10.0 Å². The highest BCUT2D eigenvalue weighted by Crippen LogP contribution is 2.28. The van der Waals surface area contributed by atoms with E-state index in [9.17, 15) is 8.42 Å². The molecule has 0 aromatic carbocycles. The molecule has 0 unspecified atom stereocenters. The van der Waals surface area contributed by atoms with E-state index < -0.39 is 10.0 Å². The largest absolute Gasteiger partial charge is 0.396 e. The molecule has 0 saturated heterocycles. The molecule has 0 bridgehead atoms. The average Bonchev–Trinajstić information content (AvgIpc) is 3.06. The van der Waals surface area contributed by atoms with Gasteiger partial charge in [-0.05, 0) is 54.0 Å². The molecule has 4 nitrogen and oxygen atoms in total. The van der Waals surface area contributed by atoms with Gasteiger partial charge < -0.3 is 5.11 Å². The van der Waals surface area contributed by atoms with Gasteiger partial charge in [-0.15, -0.1) is 0 Å². The number of thiophene rings is 1. The lowest BCUT2D eigenvalue weighted by Crippen LogP contribution is -2.29. The summed E-state index contributed by atoms with van der Waals surface area (Å²) in [7, 11) is -3.08. The van der Waals surface area contributed by atoms with E-state index in [1.54, 1.807) is 11.3 Å². The quantitative estimate of drug-likeness (QED) is 0.765. The van der Waals surface area contributed by atoms with E-state index in [1.807, 2.05) is 11.4 Å². The second kappa shape index (κ2) is 6.14. The van der Waals surface area contributed by atoms with Crippen molar-refractivity contribution >= 4 is 21.4 Å². The Kier molecular flexibility index (Phi) is 4.77. The van der Waals surface area contributed by atoms with Gasteiger partial charge in [0.1, 0.15) is 0 Å². The van der Waals surface area contributed by atoms with Crippen molar-refractivity contribution in [1.29, 1.82) is 0 Å². The molecule has 102 valence electrons. The minimum atomic E-state index is -3.08. The predicted molar refractivity (Wildman–Crippen MR) is 73.3 cm³/mol. The first-order valence-electron chi connectivity index (χ1n) is 6.25. The van der Waals surface area contributed by atoms with Crippen LogP contribution in [0.3, 0.4) is 0 Å². The van der Waals surface area contributed by atoms with Crippen LogP contribution in [0.5, 0.6) is 0 Å². The Morgan fingerprint density at radius 2 is 2.22 bits per heavy atom. The lowest BCUT2D eigenvalue weighted by molar-refractivity contribution is 0.273. The van der Waals surface area contributed by atoms with Crippen molar-refractivity contribution < 1.29 is 13.5 Å². The summed E-state index contributed by atoms with van der Waals surface area (Å²) in [4.78, 5) is 0. The minimum absolute atomic E-state index is 0.135. The molecule has 1 saturated carbocycles. The molecule has 1 aromatic rings. The molecule has 0 amide bonds. The smallest absolute Gasteiger partial charge is 0.214 e. The monoisotopic (exact) mass is 289 g/mol. The molecule has 1 fully saturated rings. The standard InChI is InChI=1S/C12H19NO3S2/c14-7-4-10(11-5-8-17-9-11)3-6-13-18(15,16)12-1-2-12/h5,8-10,12-14H,1-4,6-7H2/t10-/m0/s1. The van der Waals surface area contributed by atoms with Crippen LogP contribution in [0.15, 0.2) is 16.8 Å². The van der Waals surface area contributed by atoms with Crippen molar-refractivity contribution in [3.8, 4) is 0 Å². The average molecular weight is 289 g/mol. The maximum atomic E-state index is 11.7. The molecule has 1 aromatic heterocycles. The number of hydrogen-bond acceptors (Lipinski definition) is 4. The van der Waals surface area contributed by atoms with Crippen molar-refractivity contribution in [2.75, 3.05) is 13.2 Å². The van der Waals surface area contributed by atoms with Crippen LogP contribution in [0.25, 0.3) is 0 Å². The highest BCUT2D eigenvalue weighted by molar-refractivity contribution is 7.90. The van der Waals surface area contributed by atoms with Crippen molar-refractivity contribution in [3.05, 3.63) is 22.4 Å². The Labute approximate surface area is 112 Å². The van der Waals surface area contributed by atoms with E-state index in [4.69, 9.17) is 5.11 Å². The number of nitrogens with one attached hydrogen (secondary N) is 1. The van der Waals surface area contributed by atoms with E-state index in [1.165, 1.54) is 5.56 Å². The number of sulfonamides is 1. The molecule has 2 rings (SSSR count). The molecular formula is C12H19NO3S2. The molecule has 2 N–H and O–H groups in total. The van der Waals surface area contributed by atoms with Gasteiger partial charge in [0.15, 0.2) is 0 Å². The number of aliphatic hydroxyl groups is 1. The van der Waals surface area contributed by atoms with Crippen LogP contribution < -0.4 is 4.72 Å². The van der Waals surface area contributed by atoms with Crippen LogP contribution in [0.1, 0.15) is 37.2 Å². The maximum absolute atomic E-state index is 11.7. The number of hydrogen-bond donors (Lipinski definition) is 2. The summed E-state index contributed by atoms with van der Waals surface area (Å²) < 4.78 is 26.0. The molecule has 1 heterocycles. The fraction of sp³-hybridized carbons (Fsp3) is 0.667. The first-order chi connectivity index (χ1) is 8.63. The van der Waals surface area contributed by atoms with Crippen molar-refractivity contribution in [3.63, 3.8) is 0 Å². The number of rotatable bonds is 8. The van der Waals surface area contributed by atoms with Crippen LogP contribution in [0.4, 0.5) is 0 Å². The highest BCUT2D eigenvalue weighted by Gasteiger charge is 2.35. The predicted octanol–water partition coefficient (Wildman–Crippen LogP) is 1.69. The van der Waals surface area contributed by atoms with Crippen molar-refractivity contribution in [1.82, 2.24) is 4.72 Å².